The molecule has 2 aromatic rings. The third-order valence-corrected chi connectivity index (χ3v) is 4.72. The molecule has 106 valence electrons. The molecular weight excluding hydrogens is 293 g/mol. The Labute approximate surface area is 128 Å². The summed E-state index contributed by atoms with van der Waals surface area (Å²) in [6, 6.07) is 4.09. The number of aromatic nitrogens is 2. The summed E-state index contributed by atoms with van der Waals surface area (Å²) in [5.74, 6) is 0. The molecule has 0 unspecified atom stereocenters. The molecule has 1 aliphatic heterocycles. The monoisotopic (exact) mass is 309 g/mol. The molecule has 0 fully saturated rings. The van der Waals surface area contributed by atoms with Gasteiger partial charge in [0.05, 0.1) is 27.1 Å². The Morgan fingerprint density at radius 1 is 1.15 bits per heavy atom. The van der Waals surface area contributed by atoms with Gasteiger partial charge in [0.2, 0.25) is 0 Å². The average Bonchev–Trinajstić information content (AvgIpc) is 2.64. The summed E-state index contributed by atoms with van der Waals surface area (Å²) in [6.07, 6.45) is 1.98. The minimum atomic E-state index is 0.713. The fourth-order valence-corrected chi connectivity index (χ4v) is 3.17. The summed E-state index contributed by atoms with van der Waals surface area (Å²) in [7, 11) is 0. The van der Waals surface area contributed by atoms with E-state index in [0.717, 1.165) is 48.0 Å². The molecule has 3 nitrogen and oxygen atoms in total. The number of nitrogens with zero attached hydrogens (tertiary/aromatic N) is 2. The van der Waals surface area contributed by atoms with Crippen molar-refractivity contribution in [2.24, 2.45) is 0 Å². The van der Waals surface area contributed by atoms with Crippen LogP contribution in [0.3, 0.4) is 0 Å². The highest BCUT2D eigenvalue weighted by Crippen LogP contribution is 2.32. The van der Waals surface area contributed by atoms with E-state index in [4.69, 9.17) is 23.2 Å². The largest absolute Gasteiger partial charge is 0.316 e. The van der Waals surface area contributed by atoms with E-state index in [0.29, 0.717) is 5.02 Å². The maximum absolute atomic E-state index is 6.46. The Hall–Kier alpha value is -1.03. The Balaban J connectivity index is 2.24. The van der Waals surface area contributed by atoms with Gasteiger partial charge < -0.3 is 5.32 Å². The summed E-state index contributed by atoms with van der Waals surface area (Å²) >= 11 is 12.7. The van der Waals surface area contributed by atoms with E-state index in [9.17, 15) is 0 Å². The summed E-state index contributed by atoms with van der Waals surface area (Å²) in [5.41, 5.74) is 5.39. The maximum Gasteiger partial charge on any atom is 0.0870 e. The molecule has 1 aliphatic rings. The summed E-state index contributed by atoms with van der Waals surface area (Å²) in [4.78, 5) is 0. The first-order valence-corrected chi connectivity index (χ1v) is 7.58. The molecule has 0 saturated carbocycles. The van der Waals surface area contributed by atoms with Gasteiger partial charge in [-0.25, -0.2) is 4.68 Å². The molecule has 1 aromatic carbocycles. The highest BCUT2D eigenvalue weighted by Gasteiger charge is 2.20. The molecular formula is C15H17Cl2N3. The van der Waals surface area contributed by atoms with E-state index >= 15 is 0 Å². The van der Waals surface area contributed by atoms with Crippen molar-refractivity contribution < 1.29 is 0 Å². The number of aryl methyl sites for hydroxylation is 1. The number of fused-ring (bicyclic) bond motifs is 1. The van der Waals surface area contributed by atoms with Crippen LogP contribution in [0.1, 0.15) is 22.5 Å². The molecule has 1 N–H and O–H groups in total. The molecule has 0 aliphatic carbocycles. The molecule has 5 heteroatoms. The third-order valence-electron chi connectivity index (χ3n) is 3.87. The summed E-state index contributed by atoms with van der Waals surface area (Å²) in [6.45, 7) is 5.87. The quantitative estimate of drug-likeness (QED) is 0.874. The zero-order valence-electron chi connectivity index (χ0n) is 11.6. The normalized spacial score (nSPS) is 15.0. The Morgan fingerprint density at radius 2 is 1.90 bits per heavy atom. The van der Waals surface area contributed by atoms with Crippen molar-refractivity contribution in [3.05, 3.63) is 44.7 Å². The molecule has 3 rings (SSSR count). The zero-order chi connectivity index (χ0) is 14.3. The molecule has 0 atom stereocenters. The Morgan fingerprint density at radius 3 is 2.60 bits per heavy atom. The number of rotatable bonds is 1. The Bertz CT molecular complexity index is 662. The van der Waals surface area contributed by atoms with Crippen molar-refractivity contribution in [2.45, 2.75) is 26.7 Å². The second kappa shape index (κ2) is 5.40. The zero-order valence-corrected chi connectivity index (χ0v) is 13.1. The van der Waals surface area contributed by atoms with Crippen LogP contribution in [0.15, 0.2) is 12.1 Å². The first-order chi connectivity index (χ1) is 9.59. The number of benzene rings is 1. The van der Waals surface area contributed by atoms with Crippen molar-refractivity contribution in [1.29, 1.82) is 0 Å². The van der Waals surface area contributed by atoms with Gasteiger partial charge in [0.15, 0.2) is 0 Å². The lowest BCUT2D eigenvalue weighted by Crippen LogP contribution is -2.16. The van der Waals surface area contributed by atoms with E-state index in [1.807, 2.05) is 24.6 Å². The molecule has 0 saturated heterocycles. The van der Waals surface area contributed by atoms with Gasteiger partial charge in [0.25, 0.3) is 0 Å². The predicted octanol–water partition coefficient (Wildman–Crippen LogP) is 3.48. The van der Waals surface area contributed by atoms with Crippen molar-refractivity contribution in [2.75, 3.05) is 13.1 Å². The predicted molar refractivity (Wildman–Crippen MR) is 83.3 cm³/mol. The molecule has 2 heterocycles. The van der Waals surface area contributed by atoms with Crippen LogP contribution in [-0.2, 0) is 12.8 Å². The van der Waals surface area contributed by atoms with Gasteiger partial charge in [-0.15, -0.1) is 0 Å². The lowest BCUT2D eigenvalue weighted by molar-refractivity contribution is 0.709. The standard InChI is InChI=1S/C15H17Cl2N3/c1-9-14(17)10(2)20(19-9)15-12-6-8-18-7-5-11(12)3-4-13(15)16/h3-4,18H,5-8H2,1-2H3. The second-order valence-electron chi connectivity index (χ2n) is 5.18. The molecule has 20 heavy (non-hydrogen) atoms. The van der Waals surface area contributed by atoms with Crippen LogP contribution < -0.4 is 5.32 Å². The van der Waals surface area contributed by atoms with Crippen LogP contribution in [0.25, 0.3) is 5.69 Å². The van der Waals surface area contributed by atoms with Crippen LogP contribution in [0.2, 0.25) is 10.0 Å². The van der Waals surface area contributed by atoms with Gasteiger partial charge in [-0.3, -0.25) is 0 Å². The molecule has 0 amide bonds. The fraction of sp³-hybridized carbons (Fsp3) is 0.400. The van der Waals surface area contributed by atoms with Gasteiger partial charge in [-0.1, -0.05) is 29.3 Å². The topological polar surface area (TPSA) is 29.9 Å². The van der Waals surface area contributed by atoms with Gasteiger partial charge in [0.1, 0.15) is 0 Å². The third kappa shape index (κ3) is 2.24. The van der Waals surface area contributed by atoms with E-state index in [-0.39, 0.29) is 0 Å². The number of hydrogen-bond acceptors (Lipinski definition) is 2. The van der Waals surface area contributed by atoms with Crippen LogP contribution in [0.5, 0.6) is 0 Å². The molecule has 0 spiro atoms. The SMILES string of the molecule is Cc1nn(-c2c(Cl)ccc3c2CCNCC3)c(C)c1Cl. The van der Waals surface area contributed by atoms with Crippen LogP contribution in [0.4, 0.5) is 0 Å². The summed E-state index contributed by atoms with van der Waals surface area (Å²) in [5, 5.41) is 9.43. The smallest absolute Gasteiger partial charge is 0.0870 e. The Kier molecular flexibility index (Phi) is 3.76. The van der Waals surface area contributed by atoms with Gasteiger partial charge >= 0.3 is 0 Å². The molecule has 0 bridgehead atoms. The van der Waals surface area contributed by atoms with E-state index in [1.54, 1.807) is 0 Å². The van der Waals surface area contributed by atoms with Crippen molar-refractivity contribution in [3.8, 4) is 5.69 Å². The van der Waals surface area contributed by atoms with E-state index in [1.165, 1.54) is 11.1 Å². The molecule has 1 aromatic heterocycles. The lowest BCUT2D eigenvalue weighted by atomic mass is 10.0. The van der Waals surface area contributed by atoms with E-state index in [2.05, 4.69) is 16.5 Å². The highest BCUT2D eigenvalue weighted by molar-refractivity contribution is 6.33. The maximum atomic E-state index is 6.46. The van der Waals surface area contributed by atoms with Crippen LogP contribution in [0, 0.1) is 13.8 Å². The highest BCUT2D eigenvalue weighted by atomic mass is 35.5. The molecule has 0 radical (unpaired) electrons. The van der Waals surface area contributed by atoms with Crippen molar-refractivity contribution in [3.63, 3.8) is 0 Å². The number of hydrogen-bond donors (Lipinski definition) is 1. The number of nitrogens with one attached hydrogen (secondary N) is 1. The van der Waals surface area contributed by atoms with Crippen molar-refractivity contribution in [1.82, 2.24) is 15.1 Å². The minimum absolute atomic E-state index is 0.713. The second-order valence-corrected chi connectivity index (χ2v) is 5.97. The van der Waals surface area contributed by atoms with Crippen LogP contribution >= 0.6 is 23.2 Å². The average molecular weight is 310 g/mol. The van der Waals surface area contributed by atoms with Gasteiger partial charge in [0, 0.05) is 0 Å². The van der Waals surface area contributed by atoms with Crippen molar-refractivity contribution >= 4 is 23.2 Å². The van der Waals surface area contributed by atoms with E-state index < -0.39 is 0 Å². The lowest BCUT2D eigenvalue weighted by Gasteiger charge is -2.15. The van der Waals surface area contributed by atoms with Crippen LogP contribution in [-0.4, -0.2) is 22.9 Å². The minimum Gasteiger partial charge on any atom is -0.316 e. The fourth-order valence-electron chi connectivity index (χ4n) is 2.79. The first kappa shape index (κ1) is 13.9. The number of halogens is 2. The summed E-state index contributed by atoms with van der Waals surface area (Å²) < 4.78 is 1.89. The van der Waals surface area contributed by atoms with Gasteiger partial charge in [-0.2, -0.15) is 5.10 Å². The van der Waals surface area contributed by atoms with Gasteiger partial charge in [-0.05, 0) is 57.0 Å². The first-order valence-electron chi connectivity index (χ1n) is 6.82.